The molecule has 0 aliphatic carbocycles. The fourth-order valence-corrected chi connectivity index (χ4v) is 7.87. The zero-order chi connectivity index (χ0) is 43.2. The van der Waals surface area contributed by atoms with E-state index in [0.29, 0.717) is 61.6 Å². The van der Waals surface area contributed by atoms with Gasteiger partial charge in [0.15, 0.2) is 0 Å². The van der Waals surface area contributed by atoms with Gasteiger partial charge in [0, 0.05) is 39.0 Å². The van der Waals surface area contributed by atoms with E-state index in [4.69, 9.17) is 14.2 Å². The van der Waals surface area contributed by atoms with E-state index < -0.39 is 0 Å². The van der Waals surface area contributed by atoms with Crippen molar-refractivity contribution in [1.82, 2.24) is 4.90 Å². The van der Waals surface area contributed by atoms with Crippen LogP contribution in [0.4, 0.5) is 0 Å². The van der Waals surface area contributed by atoms with Crippen molar-refractivity contribution >= 4 is 18.2 Å². The van der Waals surface area contributed by atoms with Gasteiger partial charge in [0.2, 0.25) is 0 Å². The molecule has 2 atom stereocenters. The zero-order valence-corrected chi connectivity index (χ0v) is 40.1. The van der Waals surface area contributed by atoms with E-state index in [2.05, 4.69) is 60.3 Å². The highest BCUT2D eigenvalue weighted by Crippen LogP contribution is 2.23. The van der Waals surface area contributed by atoms with Crippen LogP contribution in [0.2, 0.25) is 0 Å². The maximum atomic E-state index is 12.2. The molecule has 0 N–H and O–H groups in total. The lowest BCUT2D eigenvalue weighted by Crippen LogP contribution is -2.31. The van der Waals surface area contributed by atoms with Gasteiger partial charge >= 0.3 is 11.9 Å². The second kappa shape index (κ2) is 39.7. The van der Waals surface area contributed by atoms with Gasteiger partial charge in [0.25, 0.3) is 0 Å². The third-order valence-corrected chi connectivity index (χ3v) is 12.4. The number of carbonyl (C=O) groups excluding carboxylic acids is 3. The first-order chi connectivity index (χ1) is 27.9. The molecule has 0 amide bonds. The topological polar surface area (TPSA) is 82.1 Å². The number of nitrogens with zero attached hydrogens (tertiary/aromatic N) is 1. The van der Waals surface area contributed by atoms with Crippen LogP contribution in [0.25, 0.3) is 0 Å². The van der Waals surface area contributed by atoms with E-state index in [1.54, 1.807) is 7.11 Å². The molecule has 0 bridgehead atoms. The molecule has 7 heteroatoms. The zero-order valence-electron chi connectivity index (χ0n) is 40.1. The van der Waals surface area contributed by atoms with Gasteiger partial charge < -0.3 is 23.9 Å². The quantitative estimate of drug-likeness (QED) is 0.0351. The number of likely N-dealkylation sites (tertiary alicyclic amines) is 1. The number of carbonyl (C=O) groups is 3. The van der Waals surface area contributed by atoms with Crippen LogP contribution in [-0.4, -0.2) is 69.7 Å². The number of methoxy groups -OCH3 is 1. The van der Waals surface area contributed by atoms with Gasteiger partial charge in [-0.3, -0.25) is 9.59 Å². The third kappa shape index (κ3) is 36.4. The fraction of sp³-hybridized carbons (Fsp3) is 0.941. The summed E-state index contributed by atoms with van der Waals surface area (Å²) < 4.78 is 16.2. The first kappa shape index (κ1) is 56.5. The first-order valence-corrected chi connectivity index (χ1v) is 24.9. The summed E-state index contributed by atoms with van der Waals surface area (Å²) in [6.45, 7) is 23.8. The average molecular weight is 822 g/mol. The summed E-state index contributed by atoms with van der Waals surface area (Å²) >= 11 is 0. The van der Waals surface area contributed by atoms with Crippen molar-refractivity contribution < 1.29 is 28.6 Å². The minimum Gasteiger partial charge on any atom is -0.465 e. The number of rotatable bonds is 37. The summed E-state index contributed by atoms with van der Waals surface area (Å²) in [6.07, 6.45) is 30.3. The molecule has 2 unspecified atom stereocenters. The van der Waals surface area contributed by atoms with Crippen LogP contribution in [-0.2, 0) is 28.6 Å². The van der Waals surface area contributed by atoms with Crippen molar-refractivity contribution in [3.8, 4) is 0 Å². The van der Waals surface area contributed by atoms with E-state index >= 15 is 0 Å². The highest BCUT2D eigenvalue weighted by Gasteiger charge is 2.18. The smallest absolute Gasteiger partial charge is 0.305 e. The molecule has 1 saturated heterocycles. The van der Waals surface area contributed by atoms with Crippen LogP contribution in [0, 0.1) is 41.4 Å². The molecule has 0 saturated carbocycles. The predicted octanol–water partition coefficient (Wildman–Crippen LogP) is 13.8. The lowest BCUT2D eigenvalue weighted by molar-refractivity contribution is -0.146. The third-order valence-electron chi connectivity index (χ3n) is 12.4. The summed E-state index contributed by atoms with van der Waals surface area (Å²) in [4.78, 5) is 38.5. The van der Waals surface area contributed by atoms with Crippen molar-refractivity contribution in [2.45, 2.75) is 222 Å². The molecule has 0 aromatic heterocycles. The lowest BCUT2D eigenvalue weighted by atomic mass is 9.89. The standard InChI is InChI=1S/C42H80O5.C9H19NO/c1-34(2)27-29-39(36(5)6)32-46-41(44)25-21-17-13-9-11-15-19-23-38(31-43)24-20-16-12-10-14-18-22-26-42(45)47-33-40(37(7)8)30-28-35(3)4;1-11-9-5-8-10-6-3-2-4-7-10/h31,34-40H,9-30,32-33H2,1-8H3;2-9H2,1H3. The molecule has 1 fully saturated rings. The Hall–Kier alpha value is -1.47. The second-order valence-corrected chi connectivity index (χ2v) is 19.5. The van der Waals surface area contributed by atoms with Gasteiger partial charge in [-0.05, 0) is 106 Å². The van der Waals surface area contributed by atoms with Crippen LogP contribution < -0.4 is 0 Å². The largest absolute Gasteiger partial charge is 0.465 e. The monoisotopic (exact) mass is 822 g/mol. The van der Waals surface area contributed by atoms with E-state index in [0.717, 1.165) is 70.8 Å². The van der Waals surface area contributed by atoms with E-state index in [1.165, 1.54) is 116 Å². The fourth-order valence-electron chi connectivity index (χ4n) is 7.87. The number of aldehydes is 1. The maximum Gasteiger partial charge on any atom is 0.305 e. The van der Waals surface area contributed by atoms with Gasteiger partial charge in [-0.1, -0.05) is 152 Å². The lowest BCUT2D eigenvalue weighted by Gasteiger charge is -2.25. The van der Waals surface area contributed by atoms with Gasteiger partial charge in [-0.25, -0.2) is 0 Å². The van der Waals surface area contributed by atoms with E-state index in [1.807, 2.05) is 0 Å². The van der Waals surface area contributed by atoms with Crippen LogP contribution in [0.15, 0.2) is 0 Å². The molecule has 1 aliphatic rings. The molecule has 0 spiro atoms. The molecule has 1 heterocycles. The molecule has 7 nitrogen and oxygen atoms in total. The Bertz CT molecular complexity index is 872. The van der Waals surface area contributed by atoms with Crippen molar-refractivity contribution in [2.75, 3.05) is 46.6 Å². The molecule has 0 aromatic rings. The molecule has 0 aromatic carbocycles. The minimum absolute atomic E-state index is 0.0305. The molecule has 0 radical (unpaired) electrons. The molecular weight excluding hydrogens is 723 g/mol. The van der Waals surface area contributed by atoms with Gasteiger partial charge in [0.1, 0.15) is 6.29 Å². The molecule has 1 rings (SSSR count). The van der Waals surface area contributed by atoms with Crippen LogP contribution in [0.5, 0.6) is 0 Å². The van der Waals surface area contributed by atoms with Crippen molar-refractivity contribution in [3.63, 3.8) is 0 Å². The number of hydrogen-bond donors (Lipinski definition) is 0. The number of piperidine rings is 1. The molecule has 58 heavy (non-hydrogen) atoms. The Morgan fingerprint density at radius 2 is 0.914 bits per heavy atom. The molecule has 1 aliphatic heterocycles. The Kier molecular flexibility index (Phi) is 38.6. The number of esters is 2. The van der Waals surface area contributed by atoms with Crippen molar-refractivity contribution in [3.05, 3.63) is 0 Å². The van der Waals surface area contributed by atoms with Crippen molar-refractivity contribution in [2.24, 2.45) is 41.4 Å². The predicted molar refractivity (Wildman–Crippen MR) is 246 cm³/mol. The minimum atomic E-state index is -0.0305. The van der Waals surface area contributed by atoms with Crippen molar-refractivity contribution in [1.29, 1.82) is 0 Å². The average Bonchev–Trinajstić information content (AvgIpc) is 3.18. The molecule has 344 valence electrons. The number of ether oxygens (including phenoxy) is 3. The van der Waals surface area contributed by atoms with Gasteiger partial charge in [-0.15, -0.1) is 0 Å². The maximum absolute atomic E-state index is 12.2. The van der Waals surface area contributed by atoms with Crippen LogP contribution in [0.1, 0.15) is 222 Å². The highest BCUT2D eigenvalue weighted by atomic mass is 16.5. The van der Waals surface area contributed by atoms with E-state index in [-0.39, 0.29) is 17.9 Å². The Morgan fingerprint density at radius 3 is 1.28 bits per heavy atom. The normalized spacial score (nSPS) is 15.1. The Morgan fingerprint density at radius 1 is 0.517 bits per heavy atom. The highest BCUT2D eigenvalue weighted by molar-refractivity contribution is 5.69. The van der Waals surface area contributed by atoms with Gasteiger partial charge in [0.05, 0.1) is 13.2 Å². The summed E-state index contributed by atoms with van der Waals surface area (Å²) in [7, 11) is 1.77. The van der Waals surface area contributed by atoms with Gasteiger partial charge in [-0.2, -0.15) is 0 Å². The summed E-state index contributed by atoms with van der Waals surface area (Å²) in [5.41, 5.74) is 0. The summed E-state index contributed by atoms with van der Waals surface area (Å²) in [6, 6.07) is 0. The van der Waals surface area contributed by atoms with E-state index in [9.17, 15) is 14.4 Å². The number of hydrogen-bond acceptors (Lipinski definition) is 7. The van der Waals surface area contributed by atoms with Crippen LogP contribution in [0.3, 0.4) is 0 Å². The first-order valence-electron chi connectivity index (χ1n) is 24.9. The second-order valence-electron chi connectivity index (χ2n) is 19.5. The van der Waals surface area contributed by atoms with Crippen LogP contribution >= 0.6 is 0 Å². The number of unbranched alkanes of at least 4 members (excludes halogenated alkanes) is 12. The summed E-state index contributed by atoms with van der Waals surface area (Å²) in [5, 5.41) is 0. The SMILES string of the molecule is CC(C)CCC(COC(=O)CCCCCCCCCC(C=O)CCCCCCCCCC(=O)OCC(CCC(C)C)C(C)C)C(C)C.COCCCN1CCCCC1. The Balaban J connectivity index is 0.00000252. The molecular formula is C51H99NO6. The Labute approximate surface area is 361 Å². The summed E-state index contributed by atoms with van der Waals surface area (Å²) in [5.74, 6) is 3.58.